The normalized spacial score (nSPS) is 12.6. The second kappa shape index (κ2) is 5.86. The van der Waals surface area contributed by atoms with Gasteiger partial charge >= 0.3 is 0 Å². The van der Waals surface area contributed by atoms with Crippen LogP contribution in [0, 0.1) is 0 Å². The van der Waals surface area contributed by atoms with Crippen molar-refractivity contribution in [3.05, 3.63) is 47.2 Å². The molecule has 2 aromatic rings. The summed E-state index contributed by atoms with van der Waals surface area (Å²) >= 11 is 0. The summed E-state index contributed by atoms with van der Waals surface area (Å²) < 4.78 is 1.64. The van der Waals surface area contributed by atoms with Crippen LogP contribution in [0.15, 0.2) is 30.5 Å². The molecule has 0 saturated carbocycles. The largest absolute Gasteiger partial charge is 0.384 e. The van der Waals surface area contributed by atoms with Crippen LogP contribution >= 0.6 is 0 Å². The molecule has 5 heteroatoms. The van der Waals surface area contributed by atoms with E-state index in [9.17, 15) is 0 Å². The van der Waals surface area contributed by atoms with Crippen molar-refractivity contribution in [3.63, 3.8) is 0 Å². The molecule has 1 aromatic carbocycles. The van der Waals surface area contributed by atoms with Gasteiger partial charge in [0.15, 0.2) is 0 Å². The first-order chi connectivity index (χ1) is 9.17. The Morgan fingerprint density at radius 1 is 1.32 bits per heavy atom. The predicted molar refractivity (Wildman–Crippen MR) is 77.2 cm³/mol. The van der Waals surface area contributed by atoms with Crippen LogP contribution in [0.25, 0.3) is 0 Å². The Hall–Kier alpha value is -1.85. The van der Waals surface area contributed by atoms with E-state index in [0.29, 0.717) is 5.82 Å². The van der Waals surface area contributed by atoms with Crippen LogP contribution in [-0.2, 0) is 13.5 Å². The highest BCUT2D eigenvalue weighted by Gasteiger charge is 2.17. The highest BCUT2D eigenvalue weighted by atomic mass is 15.3. The molecular formula is C14H21N5. The fourth-order valence-corrected chi connectivity index (χ4v) is 2.22. The number of benzene rings is 1. The van der Waals surface area contributed by atoms with Gasteiger partial charge in [0.05, 0.1) is 12.2 Å². The maximum absolute atomic E-state index is 6.00. The number of rotatable bonds is 5. The van der Waals surface area contributed by atoms with E-state index in [1.54, 1.807) is 10.9 Å². The SMILES string of the molecule is CCCc1ccc(C(NN)c2cnn(C)c2N)cc1. The predicted octanol–water partition coefficient (Wildman–Crippen LogP) is 1.51. The van der Waals surface area contributed by atoms with Crippen LogP contribution in [-0.4, -0.2) is 9.78 Å². The zero-order chi connectivity index (χ0) is 13.8. The number of aromatic nitrogens is 2. The Balaban J connectivity index is 2.29. The van der Waals surface area contributed by atoms with Gasteiger partial charge in [-0.15, -0.1) is 0 Å². The van der Waals surface area contributed by atoms with Crippen LogP contribution in [0.3, 0.4) is 0 Å². The number of hydrogen-bond acceptors (Lipinski definition) is 4. The summed E-state index contributed by atoms with van der Waals surface area (Å²) in [5.41, 5.74) is 12.1. The van der Waals surface area contributed by atoms with Crippen molar-refractivity contribution in [3.8, 4) is 0 Å². The van der Waals surface area contributed by atoms with Gasteiger partial charge in [-0.25, -0.2) is 5.43 Å². The molecule has 1 atom stereocenters. The van der Waals surface area contributed by atoms with Crippen LogP contribution < -0.4 is 17.0 Å². The van der Waals surface area contributed by atoms with Crippen molar-refractivity contribution in [1.82, 2.24) is 15.2 Å². The number of nitrogens with one attached hydrogen (secondary N) is 1. The summed E-state index contributed by atoms with van der Waals surface area (Å²) in [4.78, 5) is 0. The third-order valence-electron chi connectivity index (χ3n) is 3.34. The second-order valence-corrected chi connectivity index (χ2v) is 4.70. The zero-order valence-corrected chi connectivity index (χ0v) is 11.4. The third-order valence-corrected chi connectivity index (χ3v) is 3.34. The van der Waals surface area contributed by atoms with Gasteiger partial charge in [-0.05, 0) is 17.5 Å². The molecule has 0 fully saturated rings. The molecule has 0 amide bonds. The molecule has 2 rings (SSSR count). The van der Waals surface area contributed by atoms with Crippen molar-refractivity contribution in [1.29, 1.82) is 0 Å². The van der Waals surface area contributed by atoms with Gasteiger partial charge in [-0.1, -0.05) is 37.6 Å². The number of nitrogen functional groups attached to an aromatic ring is 1. The molecule has 5 N–H and O–H groups in total. The second-order valence-electron chi connectivity index (χ2n) is 4.70. The van der Waals surface area contributed by atoms with Crippen LogP contribution in [0.2, 0.25) is 0 Å². The zero-order valence-electron chi connectivity index (χ0n) is 11.4. The van der Waals surface area contributed by atoms with Gasteiger partial charge in [0.1, 0.15) is 5.82 Å². The first-order valence-electron chi connectivity index (χ1n) is 6.49. The van der Waals surface area contributed by atoms with Gasteiger partial charge in [-0.2, -0.15) is 5.10 Å². The molecule has 0 aliphatic heterocycles. The van der Waals surface area contributed by atoms with Gasteiger partial charge < -0.3 is 5.73 Å². The van der Waals surface area contributed by atoms with Crippen LogP contribution in [0.4, 0.5) is 5.82 Å². The Kier molecular flexibility index (Phi) is 4.19. The standard InChI is InChI=1S/C14H21N5/c1-3-4-10-5-7-11(8-6-10)13(18-16)12-9-17-19(2)14(12)15/h5-9,13,18H,3-4,15-16H2,1-2H3. The highest BCUT2D eigenvalue weighted by Crippen LogP contribution is 2.25. The number of aryl methyl sites for hydroxylation is 2. The highest BCUT2D eigenvalue weighted by molar-refractivity contribution is 5.45. The van der Waals surface area contributed by atoms with E-state index in [1.807, 2.05) is 7.05 Å². The van der Waals surface area contributed by atoms with Crippen molar-refractivity contribution in [2.45, 2.75) is 25.8 Å². The smallest absolute Gasteiger partial charge is 0.126 e. The summed E-state index contributed by atoms with van der Waals surface area (Å²) in [5.74, 6) is 6.29. The topological polar surface area (TPSA) is 81.9 Å². The third kappa shape index (κ3) is 2.77. The van der Waals surface area contributed by atoms with E-state index in [2.05, 4.69) is 41.7 Å². The number of hydrazine groups is 1. The molecule has 19 heavy (non-hydrogen) atoms. The molecule has 102 valence electrons. The van der Waals surface area contributed by atoms with Crippen molar-refractivity contribution in [2.24, 2.45) is 12.9 Å². The van der Waals surface area contributed by atoms with Gasteiger partial charge in [-0.3, -0.25) is 10.5 Å². The van der Waals surface area contributed by atoms with E-state index < -0.39 is 0 Å². The Morgan fingerprint density at radius 3 is 2.47 bits per heavy atom. The Bertz CT molecular complexity index is 529. The molecule has 1 heterocycles. The molecule has 1 aromatic heterocycles. The number of anilines is 1. The van der Waals surface area contributed by atoms with E-state index in [-0.39, 0.29) is 6.04 Å². The van der Waals surface area contributed by atoms with Crippen LogP contribution in [0.5, 0.6) is 0 Å². The molecule has 0 aliphatic rings. The van der Waals surface area contributed by atoms with E-state index in [4.69, 9.17) is 11.6 Å². The lowest BCUT2D eigenvalue weighted by molar-refractivity contribution is 0.637. The molecule has 1 unspecified atom stereocenters. The van der Waals surface area contributed by atoms with Crippen molar-refractivity contribution >= 4 is 5.82 Å². The van der Waals surface area contributed by atoms with E-state index >= 15 is 0 Å². The minimum atomic E-state index is -0.135. The quantitative estimate of drug-likeness (QED) is 0.561. The summed E-state index contributed by atoms with van der Waals surface area (Å²) in [6.07, 6.45) is 3.99. The lowest BCUT2D eigenvalue weighted by Gasteiger charge is -2.16. The lowest BCUT2D eigenvalue weighted by atomic mass is 9.99. The molecular weight excluding hydrogens is 238 g/mol. The Morgan fingerprint density at radius 2 is 2.00 bits per heavy atom. The maximum atomic E-state index is 6.00. The molecule has 5 nitrogen and oxygen atoms in total. The van der Waals surface area contributed by atoms with Gasteiger partial charge in [0, 0.05) is 12.6 Å². The summed E-state index contributed by atoms with van der Waals surface area (Å²) in [6.45, 7) is 2.18. The monoisotopic (exact) mass is 259 g/mol. The van der Waals surface area contributed by atoms with Gasteiger partial charge in [0.25, 0.3) is 0 Å². The first-order valence-corrected chi connectivity index (χ1v) is 6.49. The molecule has 0 saturated heterocycles. The summed E-state index contributed by atoms with van der Waals surface area (Å²) in [6, 6.07) is 8.31. The first kappa shape index (κ1) is 13.6. The fraction of sp³-hybridized carbons (Fsp3) is 0.357. The van der Waals surface area contributed by atoms with Crippen LogP contribution in [0.1, 0.15) is 36.1 Å². The summed E-state index contributed by atoms with van der Waals surface area (Å²) in [7, 11) is 1.82. The minimum Gasteiger partial charge on any atom is -0.384 e. The lowest BCUT2D eigenvalue weighted by Crippen LogP contribution is -2.29. The maximum Gasteiger partial charge on any atom is 0.126 e. The summed E-state index contributed by atoms with van der Waals surface area (Å²) in [5, 5.41) is 4.15. The fourth-order valence-electron chi connectivity index (χ4n) is 2.22. The van der Waals surface area contributed by atoms with Gasteiger partial charge in [0.2, 0.25) is 0 Å². The average Bonchev–Trinajstić information content (AvgIpc) is 2.74. The number of hydrogen-bond donors (Lipinski definition) is 3. The van der Waals surface area contributed by atoms with Crippen molar-refractivity contribution < 1.29 is 0 Å². The minimum absolute atomic E-state index is 0.135. The van der Waals surface area contributed by atoms with Crippen molar-refractivity contribution in [2.75, 3.05) is 5.73 Å². The molecule has 0 spiro atoms. The molecule has 0 radical (unpaired) electrons. The van der Waals surface area contributed by atoms with E-state index in [0.717, 1.165) is 24.0 Å². The molecule has 0 bridgehead atoms. The number of nitrogens with two attached hydrogens (primary N) is 2. The van der Waals surface area contributed by atoms with E-state index in [1.165, 1.54) is 5.56 Å². The average molecular weight is 259 g/mol. The molecule has 0 aliphatic carbocycles. The number of nitrogens with zero attached hydrogens (tertiary/aromatic N) is 2. The Labute approximate surface area is 113 Å².